The van der Waals surface area contributed by atoms with Crippen LogP contribution in [0.5, 0.6) is 11.5 Å². The number of hydrogen-bond donors (Lipinski definition) is 3. The van der Waals surface area contributed by atoms with E-state index in [9.17, 15) is 19.8 Å². The predicted octanol–water partition coefficient (Wildman–Crippen LogP) is 1.87. The number of carbonyl (C=O) groups is 2. The van der Waals surface area contributed by atoms with E-state index in [1.165, 1.54) is 0 Å². The van der Waals surface area contributed by atoms with Gasteiger partial charge in [0.25, 0.3) is 0 Å². The summed E-state index contributed by atoms with van der Waals surface area (Å²) in [5.41, 5.74) is 9.51. The largest absolute Gasteiger partial charge is 0.486 e. The molecule has 0 bridgehead atoms. The molecule has 9 nitrogen and oxygen atoms in total. The summed E-state index contributed by atoms with van der Waals surface area (Å²) in [7, 11) is 0. The van der Waals surface area contributed by atoms with Crippen LogP contribution in [-0.2, 0) is 31.9 Å². The Balaban J connectivity index is 1.54. The van der Waals surface area contributed by atoms with Gasteiger partial charge in [-0.1, -0.05) is 45.0 Å². The van der Waals surface area contributed by atoms with E-state index in [-0.39, 0.29) is 12.5 Å². The van der Waals surface area contributed by atoms with Crippen LogP contribution in [0.15, 0.2) is 36.4 Å². The SMILES string of the molecule is CCc1ccc(C2OC(COC(=O)C(N)C(C)C)C(O)C(O)C2=O)cc1Cc1ccc2c(c1)OCCO2. The molecule has 2 heterocycles. The summed E-state index contributed by atoms with van der Waals surface area (Å²) >= 11 is 0. The fraction of sp³-hybridized carbons (Fsp3) is 0.500. The minimum absolute atomic E-state index is 0.130. The van der Waals surface area contributed by atoms with E-state index in [1.54, 1.807) is 19.9 Å². The molecule has 0 amide bonds. The van der Waals surface area contributed by atoms with E-state index in [1.807, 2.05) is 30.3 Å². The van der Waals surface area contributed by atoms with E-state index < -0.39 is 42.2 Å². The number of hydrogen-bond acceptors (Lipinski definition) is 9. The highest BCUT2D eigenvalue weighted by molar-refractivity contribution is 5.89. The van der Waals surface area contributed by atoms with Crippen LogP contribution in [-0.4, -0.2) is 66.1 Å². The Morgan fingerprint density at radius 1 is 1.08 bits per heavy atom. The Labute approximate surface area is 216 Å². The van der Waals surface area contributed by atoms with Gasteiger partial charge in [-0.2, -0.15) is 0 Å². The maximum Gasteiger partial charge on any atom is 0.323 e. The van der Waals surface area contributed by atoms with E-state index in [4.69, 9.17) is 24.7 Å². The van der Waals surface area contributed by atoms with Crippen molar-refractivity contribution in [2.24, 2.45) is 11.7 Å². The molecule has 0 saturated carbocycles. The normalized spacial score (nSPS) is 24.1. The third-order valence-electron chi connectivity index (χ3n) is 6.86. The first kappa shape index (κ1) is 27.1. The maximum atomic E-state index is 12.9. The Bertz CT molecular complexity index is 1130. The van der Waals surface area contributed by atoms with Crippen LogP contribution in [0.1, 0.15) is 49.1 Å². The summed E-state index contributed by atoms with van der Waals surface area (Å²) in [6.45, 7) is 6.32. The molecule has 1 saturated heterocycles. The van der Waals surface area contributed by atoms with Gasteiger partial charge in [-0.25, -0.2) is 0 Å². The Kier molecular flexibility index (Phi) is 8.49. The van der Waals surface area contributed by atoms with Gasteiger partial charge in [-0.05, 0) is 53.1 Å². The molecule has 2 aliphatic heterocycles. The predicted molar refractivity (Wildman–Crippen MR) is 134 cm³/mol. The van der Waals surface area contributed by atoms with Gasteiger partial charge in [0.15, 0.2) is 17.3 Å². The number of benzene rings is 2. The maximum absolute atomic E-state index is 12.9. The second kappa shape index (κ2) is 11.6. The number of ether oxygens (including phenoxy) is 4. The first-order valence-corrected chi connectivity index (χ1v) is 12.7. The van der Waals surface area contributed by atoms with Crippen molar-refractivity contribution in [2.75, 3.05) is 19.8 Å². The molecule has 4 rings (SSSR count). The smallest absolute Gasteiger partial charge is 0.323 e. The molecule has 200 valence electrons. The molecule has 1 fully saturated rings. The monoisotopic (exact) mass is 513 g/mol. The zero-order chi connectivity index (χ0) is 26.7. The van der Waals surface area contributed by atoms with E-state index in [2.05, 4.69) is 6.92 Å². The van der Waals surface area contributed by atoms with Crippen LogP contribution < -0.4 is 15.2 Å². The number of ketones is 1. The van der Waals surface area contributed by atoms with Crippen molar-refractivity contribution < 1.29 is 38.7 Å². The second-order valence-corrected chi connectivity index (χ2v) is 9.83. The van der Waals surface area contributed by atoms with Crippen LogP contribution in [0.3, 0.4) is 0 Å². The molecule has 2 aromatic carbocycles. The first-order chi connectivity index (χ1) is 17.7. The summed E-state index contributed by atoms with van der Waals surface area (Å²) < 4.78 is 22.4. The molecule has 0 radical (unpaired) electrons. The highest BCUT2D eigenvalue weighted by Gasteiger charge is 2.44. The standard InChI is InChI=1S/C28H35NO8/c1-4-17-6-7-18(13-19(17)11-16-5-8-20-21(12-16)35-10-9-34-20)27-26(32)25(31)24(30)22(37-27)14-36-28(33)23(29)15(2)3/h5-8,12-13,15,22-25,27,30-31H,4,9-11,14,29H2,1-3H3. The number of aryl methyl sites for hydroxylation is 1. The molecule has 5 atom stereocenters. The zero-order valence-corrected chi connectivity index (χ0v) is 21.4. The highest BCUT2D eigenvalue weighted by atomic mass is 16.6. The van der Waals surface area contributed by atoms with Gasteiger partial charge in [0.1, 0.15) is 50.3 Å². The Morgan fingerprint density at radius 3 is 2.51 bits per heavy atom. The average Bonchev–Trinajstić information content (AvgIpc) is 2.90. The number of nitrogens with two attached hydrogens (primary N) is 1. The summed E-state index contributed by atoms with van der Waals surface area (Å²) in [5.74, 6) is 0.00490. The van der Waals surface area contributed by atoms with Gasteiger partial charge < -0.3 is 34.9 Å². The lowest BCUT2D eigenvalue weighted by molar-refractivity contribution is -0.194. The number of carbonyl (C=O) groups excluding carboxylic acids is 2. The van der Waals surface area contributed by atoms with Crippen LogP contribution in [0.25, 0.3) is 0 Å². The number of Topliss-reactive ketones (excluding diaryl/α,β-unsaturated/α-hetero) is 1. The molecule has 5 unspecified atom stereocenters. The Morgan fingerprint density at radius 2 is 1.81 bits per heavy atom. The molecule has 0 aliphatic carbocycles. The van der Waals surface area contributed by atoms with Crippen molar-refractivity contribution in [2.45, 2.75) is 64.1 Å². The average molecular weight is 514 g/mol. The summed E-state index contributed by atoms with van der Waals surface area (Å²) in [6.07, 6.45) is -4.03. The van der Waals surface area contributed by atoms with Crippen molar-refractivity contribution in [3.8, 4) is 11.5 Å². The topological polar surface area (TPSA) is 138 Å². The lowest BCUT2D eigenvalue weighted by Gasteiger charge is -2.36. The number of fused-ring (bicyclic) bond motifs is 1. The third kappa shape index (κ3) is 5.96. The molecule has 2 aliphatic rings. The first-order valence-electron chi connectivity index (χ1n) is 12.7. The molecule has 9 heteroatoms. The number of aliphatic hydroxyl groups excluding tert-OH is 2. The zero-order valence-electron chi connectivity index (χ0n) is 21.4. The van der Waals surface area contributed by atoms with Crippen LogP contribution in [0, 0.1) is 5.92 Å². The summed E-state index contributed by atoms with van der Waals surface area (Å²) in [5, 5.41) is 20.9. The number of aliphatic hydroxyl groups is 2. The fourth-order valence-electron chi connectivity index (χ4n) is 4.50. The molecule has 2 aromatic rings. The van der Waals surface area contributed by atoms with E-state index >= 15 is 0 Å². The summed E-state index contributed by atoms with van der Waals surface area (Å²) in [4.78, 5) is 25.1. The molecule has 0 aromatic heterocycles. The number of esters is 1. The van der Waals surface area contributed by atoms with Crippen molar-refractivity contribution in [1.29, 1.82) is 0 Å². The number of rotatable bonds is 8. The molecular weight excluding hydrogens is 478 g/mol. The quantitative estimate of drug-likeness (QED) is 0.452. The second-order valence-electron chi connectivity index (χ2n) is 9.83. The van der Waals surface area contributed by atoms with Crippen LogP contribution >= 0.6 is 0 Å². The third-order valence-corrected chi connectivity index (χ3v) is 6.86. The lowest BCUT2D eigenvalue weighted by Crippen LogP contribution is -2.54. The minimum atomic E-state index is -1.67. The Hall–Kier alpha value is -2.98. The summed E-state index contributed by atoms with van der Waals surface area (Å²) in [6, 6.07) is 10.6. The van der Waals surface area contributed by atoms with Crippen molar-refractivity contribution in [3.63, 3.8) is 0 Å². The van der Waals surface area contributed by atoms with Gasteiger partial charge in [0.2, 0.25) is 0 Å². The van der Waals surface area contributed by atoms with Crippen molar-refractivity contribution in [3.05, 3.63) is 58.7 Å². The van der Waals surface area contributed by atoms with E-state index in [0.29, 0.717) is 36.7 Å². The minimum Gasteiger partial charge on any atom is -0.486 e. The highest BCUT2D eigenvalue weighted by Crippen LogP contribution is 2.34. The molecule has 0 spiro atoms. The van der Waals surface area contributed by atoms with Gasteiger partial charge >= 0.3 is 5.97 Å². The van der Waals surface area contributed by atoms with Crippen LogP contribution in [0.4, 0.5) is 0 Å². The molecule has 4 N–H and O–H groups in total. The van der Waals surface area contributed by atoms with Crippen LogP contribution in [0.2, 0.25) is 0 Å². The fourth-order valence-corrected chi connectivity index (χ4v) is 4.50. The van der Waals surface area contributed by atoms with Crippen molar-refractivity contribution in [1.82, 2.24) is 0 Å². The van der Waals surface area contributed by atoms with Gasteiger partial charge in [-0.3, -0.25) is 9.59 Å². The van der Waals surface area contributed by atoms with Gasteiger partial charge in [0.05, 0.1) is 0 Å². The lowest BCUT2D eigenvalue weighted by atomic mass is 9.89. The van der Waals surface area contributed by atoms with Gasteiger partial charge in [0, 0.05) is 0 Å². The van der Waals surface area contributed by atoms with E-state index in [0.717, 1.165) is 23.1 Å². The molecular formula is C28H35NO8. The van der Waals surface area contributed by atoms with Gasteiger partial charge in [-0.15, -0.1) is 0 Å². The van der Waals surface area contributed by atoms with Crippen molar-refractivity contribution >= 4 is 11.8 Å². The molecule has 37 heavy (non-hydrogen) atoms.